The van der Waals surface area contributed by atoms with Crippen LogP contribution in [0.5, 0.6) is 0 Å². The van der Waals surface area contributed by atoms with Gasteiger partial charge in [-0.2, -0.15) is 0 Å². The molecule has 0 radical (unpaired) electrons. The van der Waals surface area contributed by atoms with Crippen LogP contribution in [0.15, 0.2) is 24.8 Å². The van der Waals surface area contributed by atoms with Crippen LogP contribution >= 0.6 is 0 Å². The van der Waals surface area contributed by atoms with Crippen LogP contribution in [0.4, 0.5) is 5.82 Å². The number of hydrogen-bond donors (Lipinski definition) is 0. The average Bonchev–Trinajstić information content (AvgIpc) is 2.92. The molecule has 0 aliphatic carbocycles. The first-order valence-electron chi connectivity index (χ1n) is 6.55. The van der Waals surface area contributed by atoms with E-state index >= 15 is 0 Å². The Bertz CT molecular complexity index is 569. The molecule has 3 rings (SSSR count). The zero-order valence-electron chi connectivity index (χ0n) is 11.2. The largest absolute Gasteiger partial charge is 0.356 e. The Balaban J connectivity index is 1.81. The topological polar surface area (TPSA) is 54.8 Å². The van der Waals surface area contributed by atoms with Gasteiger partial charge >= 0.3 is 0 Å². The molecule has 0 saturated carbocycles. The molecule has 1 aliphatic rings. The van der Waals surface area contributed by atoms with Gasteiger partial charge in [0, 0.05) is 49.4 Å². The fourth-order valence-electron chi connectivity index (χ4n) is 2.55. The average molecular weight is 255 g/mol. The van der Waals surface area contributed by atoms with Gasteiger partial charge in [0.25, 0.3) is 0 Å². The van der Waals surface area contributed by atoms with Gasteiger partial charge in [-0.3, -0.25) is 9.97 Å². The second-order valence-corrected chi connectivity index (χ2v) is 4.99. The maximum Gasteiger partial charge on any atom is 0.135 e. The third-order valence-corrected chi connectivity index (χ3v) is 3.55. The fraction of sp³-hybridized carbons (Fsp3) is 0.429. The van der Waals surface area contributed by atoms with Crippen LogP contribution in [0.2, 0.25) is 0 Å². The first-order chi connectivity index (χ1) is 9.24. The molecule has 1 saturated heterocycles. The summed E-state index contributed by atoms with van der Waals surface area (Å²) in [6, 6.07) is 0. The molecule has 0 bridgehead atoms. The molecule has 3 heterocycles. The van der Waals surface area contributed by atoms with Crippen LogP contribution in [0, 0.1) is 13.8 Å². The van der Waals surface area contributed by atoms with Crippen LogP contribution in [0.3, 0.4) is 0 Å². The van der Waals surface area contributed by atoms with Gasteiger partial charge in [0.1, 0.15) is 11.6 Å². The van der Waals surface area contributed by atoms with Gasteiger partial charge in [-0.05, 0) is 20.3 Å². The van der Waals surface area contributed by atoms with Crippen LogP contribution in [0.1, 0.15) is 29.4 Å². The molecular weight excluding hydrogens is 238 g/mol. The lowest BCUT2D eigenvalue weighted by molar-refractivity contribution is 0.736. The van der Waals surface area contributed by atoms with Crippen molar-refractivity contribution < 1.29 is 0 Å². The van der Waals surface area contributed by atoms with Gasteiger partial charge in [-0.15, -0.1) is 0 Å². The highest BCUT2D eigenvalue weighted by atomic mass is 15.2. The monoisotopic (exact) mass is 255 g/mol. The van der Waals surface area contributed by atoms with E-state index < -0.39 is 0 Å². The third kappa shape index (κ3) is 2.41. The second kappa shape index (κ2) is 4.91. The number of nitrogens with zero attached hydrogens (tertiary/aromatic N) is 5. The number of rotatable bonds is 2. The molecule has 5 heteroatoms. The highest BCUT2D eigenvalue weighted by molar-refractivity contribution is 5.47. The van der Waals surface area contributed by atoms with Gasteiger partial charge in [0.05, 0.1) is 5.69 Å². The number of aryl methyl sites for hydroxylation is 2. The van der Waals surface area contributed by atoms with E-state index in [-0.39, 0.29) is 0 Å². The summed E-state index contributed by atoms with van der Waals surface area (Å²) in [5, 5.41) is 0. The molecule has 2 aromatic rings. The summed E-state index contributed by atoms with van der Waals surface area (Å²) in [7, 11) is 0. The lowest BCUT2D eigenvalue weighted by atomic mass is 10.1. The van der Waals surface area contributed by atoms with Crippen LogP contribution in [-0.2, 0) is 0 Å². The standard InChI is InChI=1S/C14H17N5/c1-10-7-17-11(2)18-14(10)19-6-3-12(9-19)13-8-15-4-5-16-13/h4-5,7-8,12H,3,6,9H2,1-2H3. The van der Waals surface area contributed by atoms with Gasteiger partial charge in [-0.1, -0.05) is 0 Å². The predicted octanol–water partition coefficient (Wildman–Crippen LogP) is 1.88. The van der Waals surface area contributed by atoms with E-state index in [1.165, 1.54) is 0 Å². The summed E-state index contributed by atoms with van der Waals surface area (Å²) in [5.41, 5.74) is 2.21. The Labute approximate surface area is 112 Å². The third-order valence-electron chi connectivity index (χ3n) is 3.55. The normalized spacial score (nSPS) is 18.8. The lowest BCUT2D eigenvalue weighted by Gasteiger charge is -2.19. The minimum absolute atomic E-state index is 0.448. The van der Waals surface area contributed by atoms with Crippen molar-refractivity contribution in [1.29, 1.82) is 0 Å². The molecule has 98 valence electrons. The minimum Gasteiger partial charge on any atom is -0.356 e. The first kappa shape index (κ1) is 12.0. The van der Waals surface area contributed by atoms with Gasteiger partial charge in [0.2, 0.25) is 0 Å². The number of anilines is 1. The molecule has 0 aromatic carbocycles. The van der Waals surface area contributed by atoms with E-state index in [4.69, 9.17) is 0 Å². The van der Waals surface area contributed by atoms with Crippen molar-refractivity contribution in [2.45, 2.75) is 26.2 Å². The maximum atomic E-state index is 4.56. The molecule has 1 aliphatic heterocycles. The highest BCUT2D eigenvalue weighted by Crippen LogP contribution is 2.29. The molecule has 0 amide bonds. The Kier molecular flexibility index (Phi) is 3.11. The van der Waals surface area contributed by atoms with Crippen LogP contribution < -0.4 is 4.90 Å². The van der Waals surface area contributed by atoms with Crippen molar-refractivity contribution in [3.63, 3.8) is 0 Å². The van der Waals surface area contributed by atoms with Crippen LogP contribution in [-0.4, -0.2) is 33.0 Å². The minimum atomic E-state index is 0.448. The van der Waals surface area contributed by atoms with Crippen molar-refractivity contribution in [3.8, 4) is 0 Å². The molecule has 19 heavy (non-hydrogen) atoms. The molecule has 0 N–H and O–H groups in total. The van der Waals surface area contributed by atoms with E-state index in [1.54, 1.807) is 12.4 Å². The lowest BCUT2D eigenvalue weighted by Crippen LogP contribution is -2.22. The second-order valence-electron chi connectivity index (χ2n) is 4.99. The van der Waals surface area contributed by atoms with E-state index in [0.29, 0.717) is 5.92 Å². The van der Waals surface area contributed by atoms with Gasteiger partial charge in [-0.25, -0.2) is 9.97 Å². The van der Waals surface area contributed by atoms with Crippen molar-refractivity contribution in [3.05, 3.63) is 41.9 Å². The Morgan fingerprint density at radius 2 is 2.05 bits per heavy atom. The highest BCUT2D eigenvalue weighted by Gasteiger charge is 2.26. The molecule has 2 aromatic heterocycles. The molecule has 1 unspecified atom stereocenters. The maximum absolute atomic E-state index is 4.56. The SMILES string of the molecule is Cc1ncc(C)c(N2CCC(c3cnccn3)C2)n1. The van der Waals surface area contributed by atoms with Crippen LogP contribution in [0.25, 0.3) is 0 Å². The summed E-state index contributed by atoms with van der Waals surface area (Å²) < 4.78 is 0. The Hall–Kier alpha value is -2.04. The first-order valence-corrected chi connectivity index (χ1v) is 6.55. The zero-order valence-corrected chi connectivity index (χ0v) is 11.2. The van der Waals surface area contributed by atoms with Gasteiger partial charge in [0.15, 0.2) is 0 Å². The van der Waals surface area contributed by atoms with E-state index in [2.05, 4.69) is 31.8 Å². The number of hydrogen-bond acceptors (Lipinski definition) is 5. The summed E-state index contributed by atoms with van der Waals surface area (Å²) in [6.07, 6.45) is 8.34. The Morgan fingerprint density at radius 1 is 1.16 bits per heavy atom. The summed E-state index contributed by atoms with van der Waals surface area (Å²) in [5.74, 6) is 2.32. The fourth-order valence-corrected chi connectivity index (χ4v) is 2.55. The zero-order chi connectivity index (χ0) is 13.2. The smallest absolute Gasteiger partial charge is 0.135 e. The molecule has 1 atom stereocenters. The van der Waals surface area contributed by atoms with E-state index in [0.717, 1.165) is 42.4 Å². The van der Waals surface area contributed by atoms with Crippen molar-refractivity contribution in [2.24, 2.45) is 0 Å². The summed E-state index contributed by atoms with van der Waals surface area (Å²) in [4.78, 5) is 19.7. The molecule has 0 spiro atoms. The van der Waals surface area contributed by atoms with E-state index in [1.807, 2.05) is 19.3 Å². The molecule has 5 nitrogen and oxygen atoms in total. The Morgan fingerprint density at radius 3 is 2.84 bits per heavy atom. The van der Waals surface area contributed by atoms with Gasteiger partial charge < -0.3 is 4.90 Å². The number of aromatic nitrogens is 4. The predicted molar refractivity (Wildman–Crippen MR) is 73.1 cm³/mol. The van der Waals surface area contributed by atoms with Crippen molar-refractivity contribution in [2.75, 3.05) is 18.0 Å². The summed E-state index contributed by atoms with van der Waals surface area (Å²) >= 11 is 0. The van der Waals surface area contributed by atoms with Crippen molar-refractivity contribution >= 4 is 5.82 Å². The van der Waals surface area contributed by atoms with E-state index in [9.17, 15) is 0 Å². The quantitative estimate of drug-likeness (QED) is 0.820. The molecule has 1 fully saturated rings. The molecular formula is C14H17N5. The van der Waals surface area contributed by atoms with Crippen molar-refractivity contribution in [1.82, 2.24) is 19.9 Å². The summed E-state index contributed by atoms with van der Waals surface area (Å²) in [6.45, 7) is 5.96.